The number of benzene rings is 2. The van der Waals surface area contributed by atoms with Gasteiger partial charge >= 0.3 is 11.4 Å². The lowest BCUT2D eigenvalue weighted by atomic mass is 9.93. The maximum absolute atomic E-state index is 11.2. The highest BCUT2D eigenvalue weighted by atomic mass is 16.6. The fourth-order valence-corrected chi connectivity index (χ4v) is 3.14. The molecule has 0 heterocycles. The smallest absolute Gasteiger partial charge is 0.314 e. The molecule has 0 atom stereocenters. The minimum atomic E-state index is -0.609. The molecule has 138 valence electrons. The second kappa shape index (κ2) is 6.99. The van der Waals surface area contributed by atoms with E-state index in [1.807, 2.05) is 0 Å². The average Bonchev–Trinajstić information content (AvgIpc) is 2.53. The molecule has 2 aromatic carbocycles. The van der Waals surface area contributed by atoms with Gasteiger partial charge in [0.1, 0.15) is 0 Å². The second-order valence-electron chi connectivity index (χ2n) is 6.36. The summed E-state index contributed by atoms with van der Waals surface area (Å²) in [5.41, 5.74) is 2.32. The van der Waals surface area contributed by atoms with Crippen molar-refractivity contribution in [2.24, 2.45) is 0 Å². The van der Waals surface area contributed by atoms with Gasteiger partial charge < -0.3 is 10.2 Å². The molecule has 0 aliphatic heterocycles. The molecule has 8 heteroatoms. The van der Waals surface area contributed by atoms with E-state index in [1.165, 1.54) is 0 Å². The number of phenolic OH excluding ortho intramolecular Hbond substituents is 2. The number of aromatic hydroxyl groups is 2. The monoisotopic (exact) mass is 360 g/mol. The van der Waals surface area contributed by atoms with Gasteiger partial charge in [-0.1, -0.05) is 12.1 Å². The van der Waals surface area contributed by atoms with E-state index in [9.17, 15) is 30.4 Å². The molecule has 0 amide bonds. The highest BCUT2D eigenvalue weighted by molar-refractivity contribution is 5.60. The Balaban J connectivity index is 2.45. The van der Waals surface area contributed by atoms with Gasteiger partial charge in [-0.3, -0.25) is 20.2 Å². The van der Waals surface area contributed by atoms with Crippen LogP contribution in [-0.4, -0.2) is 20.1 Å². The molecule has 0 fully saturated rings. The van der Waals surface area contributed by atoms with E-state index in [-0.39, 0.29) is 22.9 Å². The van der Waals surface area contributed by atoms with E-state index in [0.29, 0.717) is 46.2 Å². The maximum atomic E-state index is 11.2. The van der Waals surface area contributed by atoms with Gasteiger partial charge in [0.25, 0.3) is 0 Å². The van der Waals surface area contributed by atoms with Crippen LogP contribution < -0.4 is 0 Å². The lowest BCUT2D eigenvalue weighted by Gasteiger charge is -2.13. The molecular weight excluding hydrogens is 340 g/mol. The molecule has 8 nitrogen and oxygen atoms in total. The van der Waals surface area contributed by atoms with E-state index >= 15 is 0 Å². The number of phenols is 2. The van der Waals surface area contributed by atoms with Crippen molar-refractivity contribution in [3.63, 3.8) is 0 Å². The van der Waals surface area contributed by atoms with Crippen LogP contribution in [0.5, 0.6) is 11.5 Å². The Kier molecular flexibility index (Phi) is 5.15. The lowest BCUT2D eigenvalue weighted by Crippen LogP contribution is -2.03. The molecule has 0 saturated carbocycles. The van der Waals surface area contributed by atoms with Gasteiger partial charge in [-0.25, -0.2) is 0 Å². The summed E-state index contributed by atoms with van der Waals surface area (Å²) >= 11 is 0. The van der Waals surface area contributed by atoms with Crippen LogP contribution in [0.1, 0.15) is 33.4 Å². The summed E-state index contributed by atoms with van der Waals surface area (Å²) in [4.78, 5) is 21.2. The molecule has 0 unspecified atom stereocenters. The van der Waals surface area contributed by atoms with Crippen LogP contribution in [0.25, 0.3) is 0 Å². The summed E-state index contributed by atoms with van der Waals surface area (Å²) in [5.74, 6) is -0.688. The summed E-state index contributed by atoms with van der Waals surface area (Å²) < 4.78 is 0. The molecule has 0 aliphatic rings. The van der Waals surface area contributed by atoms with Crippen molar-refractivity contribution in [1.29, 1.82) is 0 Å². The van der Waals surface area contributed by atoms with Crippen molar-refractivity contribution in [3.8, 4) is 11.5 Å². The molecule has 0 radical (unpaired) electrons. The number of hydrogen-bond donors (Lipinski definition) is 2. The Hall–Kier alpha value is -3.16. The molecule has 2 aromatic rings. The van der Waals surface area contributed by atoms with Crippen molar-refractivity contribution in [2.75, 3.05) is 0 Å². The second-order valence-corrected chi connectivity index (χ2v) is 6.36. The van der Waals surface area contributed by atoms with Gasteiger partial charge in [0.15, 0.2) is 11.5 Å². The SMILES string of the molecule is Cc1cc(CCc2cc(C)c(O)c([N+](=O)[O-])c2C)c(C)c([N+](=O)[O-])c1O. The Bertz CT molecular complexity index is 845. The van der Waals surface area contributed by atoms with Crippen molar-refractivity contribution in [2.45, 2.75) is 40.5 Å². The minimum Gasteiger partial charge on any atom is -0.502 e. The fourth-order valence-electron chi connectivity index (χ4n) is 3.14. The van der Waals surface area contributed by atoms with Gasteiger partial charge in [0.2, 0.25) is 0 Å². The van der Waals surface area contributed by atoms with Crippen molar-refractivity contribution in [1.82, 2.24) is 0 Å². The van der Waals surface area contributed by atoms with Crippen LogP contribution in [0.2, 0.25) is 0 Å². The number of hydrogen-bond acceptors (Lipinski definition) is 6. The van der Waals surface area contributed by atoms with Crippen molar-refractivity contribution < 1.29 is 20.1 Å². The molecule has 2 rings (SSSR count). The zero-order valence-electron chi connectivity index (χ0n) is 15.0. The van der Waals surface area contributed by atoms with Crippen LogP contribution in [-0.2, 0) is 12.8 Å². The Labute approximate surface area is 150 Å². The summed E-state index contributed by atoms with van der Waals surface area (Å²) in [5, 5.41) is 42.3. The first kappa shape index (κ1) is 19.2. The predicted molar refractivity (Wildman–Crippen MR) is 95.9 cm³/mol. The van der Waals surface area contributed by atoms with Crippen LogP contribution in [0.15, 0.2) is 12.1 Å². The molecule has 0 aliphatic carbocycles. The number of nitro groups is 2. The largest absolute Gasteiger partial charge is 0.502 e. The van der Waals surface area contributed by atoms with E-state index < -0.39 is 9.85 Å². The Morgan fingerprint density at radius 1 is 0.769 bits per heavy atom. The first-order valence-corrected chi connectivity index (χ1v) is 7.99. The van der Waals surface area contributed by atoms with E-state index in [1.54, 1.807) is 39.8 Å². The third kappa shape index (κ3) is 3.30. The quantitative estimate of drug-likeness (QED) is 0.614. The van der Waals surface area contributed by atoms with Crippen molar-refractivity contribution >= 4 is 11.4 Å². The summed E-state index contributed by atoms with van der Waals surface area (Å²) in [6, 6.07) is 3.38. The van der Waals surface area contributed by atoms with Gasteiger partial charge in [-0.2, -0.15) is 0 Å². The van der Waals surface area contributed by atoms with Gasteiger partial charge in [-0.05, 0) is 62.8 Å². The predicted octanol–water partition coefficient (Wildman–Crippen LogP) is 3.93. The number of aryl methyl sites for hydroxylation is 4. The molecule has 0 aromatic heterocycles. The van der Waals surface area contributed by atoms with E-state index in [4.69, 9.17) is 0 Å². The highest BCUT2D eigenvalue weighted by Gasteiger charge is 2.24. The summed E-state index contributed by atoms with van der Waals surface area (Å²) in [6.45, 7) is 6.33. The van der Waals surface area contributed by atoms with Gasteiger partial charge in [0, 0.05) is 11.1 Å². The third-order valence-electron chi connectivity index (χ3n) is 4.68. The van der Waals surface area contributed by atoms with Crippen LogP contribution >= 0.6 is 0 Å². The Morgan fingerprint density at radius 3 is 1.35 bits per heavy atom. The number of nitro benzene ring substituents is 2. The van der Waals surface area contributed by atoms with Gasteiger partial charge in [0.05, 0.1) is 9.85 Å². The molecule has 26 heavy (non-hydrogen) atoms. The lowest BCUT2D eigenvalue weighted by molar-refractivity contribution is -0.386. The molecule has 2 N–H and O–H groups in total. The topological polar surface area (TPSA) is 127 Å². The number of rotatable bonds is 5. The standard InChI is InChI=1S/C18H20N2O6/c1-9-7-13(11(3)15(17(9)21)19(23)24)5-6-14-8-10(2)18(22)16(12(14)4)20(25)26/h7-8,21-22H,5-6H2,1-4H3. The maximum Gasteiger partial charge on any atom is 0.314 e. The van der Waals surface area contributed by atoms with E-state index in [0.717, 1.165) is 0 Å². The van der Waals surface area contributed by atoms with E-state index in [2.05, 4.69) is 0 Å². The first-order valence-electron chi connectivity index (χ1n) is 7.99. The summed E-state index contributed by atoms with van der Waals surface area (Å²) in [6.07, 6.45) is 0.825. The first-order chi connectivity index (χ1) is 12.1. The van der Waals surface area contributed by atoms with Crippen LogP contribution in [0.3, 0.4) is 0 Å². The molecule has 0 spiro atoms. The van der Waals surface area contributed by atoms with Crippen molar-refractivity contribution in [3.05, 3.63) is 65.7 Å². The zero-order chi connectivity index (χ0) is 19.8. The fraction of sp³-hybridized carbons (Fsp3) is 0.333. The number of nitrogens with zero attached hydrogens (tertiary/aromatic N) is 2. The minimum absolute atomic E-state index is 0.315. The third-order valence-corrected chi connectivity index (χ3v) is 4.68. The normalized spacial score (nSPS) is 10.8. The highest BCUT2D eigenvalue weighted by Crippen LogP contribution is 2.37. The van der Waals surface area contributed by atoms with Crippen LogP contribution in [0, 0.1) is 47.9 Å². The molecule has 0 bridgehead atoms. The molecule has 0 saturated heterocycles. The summed E-state index contributed by atoms with van der Waals surface area (Å²) in [7, 11) is 0. The molecular formula is C18H20N2O6. The van der Waals surface area contributed by atoms with Crippen LogP contribution in [0.4, 0.5) is 11.4 Å². The van der Waals surface area contributed by atoms with Gasteiger partial charge in [-0.15, -0.1) is 0 Å². The Morgan fingerprint density at radius 2 is 1.08 bits per heavy atom. The zero-order valence-corrected chi connectivity index (χ0v) is 15.0. The average molecular weight is 360 g/mol.